The molecule has 1 aliphatic heterocycles. The lowest BCUT2D eigenvalue weighted by atomic mass is 9.99. The molecule has 2 N–H and O–H groups in total. The molecule has 0 spiro atoms. The van der Waals surface area contributed by atoms with Gasteiger partial charge in [0.25, 0.3) is 0 Å². The van der Waals surface area contributed by atoms with Crippen LogP contribution in [-0.4, -0.2) is 18.0 Å². The molecule has 0 unspecified atom stereocenters. The molecule has 0 radical (unpaired) electrons. The first-order valence-electron chi connectivity index (χ1n) is 6.92. The Kier molecular flexibility index (Phi) is 3.62. The molecule has 2 aromatic rings. The summed E-state index contributed by atoms with van der Waals surface area (Å²) in [5.74, 6) is 0. The highest BCUT2D eigenvalue weighted by Crippen LogP contribution is 2.20. The summed E-state index contributed by atoms with van der Waals surface area (Å²) < 4.78 is 0. The van der Waals surface area contributed by atoms with Gasteiger partial charge in [0.15, 0.2) is 0 Å². The SMILES string of the molecule is N[C@@H](CN1CCc2ccccc2C1)c1ccccc1. The predicted molar refractivity (Wildman–Crippen MR) is 78.8 cm³/mol. The third kappa shape index (κ3) is 2.86. The molecule has 3 rings (SSSR count). The Balaban J connectivity index is 1.66. The van der Waals surface area contributed by atoms with Crippen molar-refractivity contribution in [3.05, 3.63) is 71.3 Å². The lowest BCUT2D eigenvalue weighted by Crippen LogP contribution is -2.36. The summed E-state index contributed by atoms with van der Waals surface area (Å²) >= 11 is 0. The summed E-state index contributed by atoms with van der Waals surface area (Å²) in [6.07, 6.45) is 1.14. The Morgan fingerprint density at radius 2 is 1.63 bits per heavy atom. The van der Waals surface area contributed by atoms with Crippen LogP contribution in [0.4, 0.5) is 0 Å². The van der Waals surface area contributed by atoms with E-state index in [2.05, 4.69) is 53.4 Å². The Hall–Kier alpha value is -1.64. The first-order valence-corrected chi connectivity index (χ1v) is 6.92. The normalized spacial score (nSPS) is 16.9. The van der Waals surface area contributed by atoms with Gasteiger partial charge in [-0.15, -0.1) is 0 Å². The van der Waals surface area contributed by atoms with Crippen LogP contribution in [0.1, 0.15) is 22.7 Å². The predicted octanol–water partition coefficient (Wildman–Crippen LogP) is 2.74. The van der Waals surface area contributed by atoms with Crippen molar-refractivity contribution in [3.63, 3.8) is 0 Å². The molecule has 0 aromatic heterocycles. The molecular weight excluding hydrogens is 232 g/mol. The van der Waals surface area contributed by atoms with Gasteiger partial charge in [-0.2, -0.15) is 0 Å². The molecule has 0 saturated carbocycles. The molecule has 2 heteroatoms. The van der Waals surface area contributed by atoms with E-state index in [1.54, 1.807) is 0 Å². The minimum absolute atomic E-state index is 0.103. The molecular formula is C17H20N2. The van der Waals surface area contributed by atoms with Crippen LogP contribution in [0.15, 0.2) is 54.6 Å². The van der Waals surface area contributed by atoms with Gasteiger partial charge in [0, 0.05) is 25.7 Å². The molecule has 0 aliphatic carbocycles. The summed E-state index contributed by atoms with van der Waals surface area (Å²) in [6, 6.07) is 19.2. The number of nitrogens with zero attached hydrogens (tertiary/aromatic N) is 1. The van der Waals surface area contributed by atoms with Crippen LogP contribution in [0, 0.1) is 0 Å². The van der Waals surface area contributed by atoms with Crippen LogP contribution >= 0.6 is 0 Å². The lowest BCUT2D eigenvalue weighted by molar-refractivity contribution is 0.239. The molecule has 1 heterocycles. The van der Waals surface area contributed by atoms with Crippen molar-refractivity contribution in [2.24, 2.45) is 5.73 Å². The molecule has 2 aromatic carbocycles. The quantitative estimate of drug-likeness (QED) is 0.910. The highest BCUT2D eigenvalue weighted by molar-refractivity contribution is 5.29. The Morgan fingerprint density at radius 1 is 0.947 bits per heavy atom. The molecule has 0 bridgehead atoms. The minimum Gasteiger partial charge on any atom is -0.323 e. The molecule has 1 aliphatic rings. The largest absolute Gasteiger partial charge is 0.323 e. The zero-order chi connectivity index (χ0) is 13.1. The molecule has 1 atom stereocenters. The van der Waals surface area contributed by atoms with E-state index in [4.69, 9.17) is 5.73 Å². The first-order chi connectivity index (χ1) is 9.33. The van der Waals surface area contributed by atoms with Crippen LogP contribution in [0.5, 0.6) is 0 Å². The lowest BCUT2D eigenvalue weighted by Gasteiger charge is -2.30. The van der Waals surface area contributed by atoms with E-state index in [0.717, 1.165) is 26.1 Å². The standard InChI is InChI=1S/C17H20N2/c18-17(15-7-2-1-3-8-15)13-19-11-10-14-6-4-5-9-16(14)12-19/h1-9,17H,10-13,18H2/t17-/m0/s1. The fraction of sp³-hybridized carbons (Fsp3) is 0.294. The van der Waals surface area contributed by atoms with Gasteiger partial charge in [-0.05, 0) is 23.1 Å². The Morgan fingerprint density at radius 3 is 2.42 bits per heavy atom. The van der Waals surface area contributed by atoms with Crippen molar-refractivity contribution in [2.45, 2.75) is 19.0 Å². The molecule has 0 fully saturated rings. The van der Waals surface area contributed by atoms with Gasteiger partial charge < -0.3 is 5.73 Å². The topological polar surface area (TPSA) is 29.3 Å². The van der Waals surface area contributed by atoms with E-state index >= 15 is 0 Å². The van der Waals surface area contributed by atoms with E-state index in [0.29, 0.717) is 0 Å². The highest BCUT2D eigenvalue weighted by Gasteiger charge is 2.18. The fourth-order valence-electron chi connectivity index (χ4n) is 2.79. The average molecular weight is 252 g/mol. The second kappa shape index (κ2) is 5.55. The minimum atomic E-state index is 0.103. The van der Waals surface area contributed by atoms with Gasteiger partial charge in [0.2, 0.25) is 0 Å². The van der Waals surface area contributed by atoms with Gasteiger partial charge in [-0.25, -0.2) is 0 Å². The van der Waals surface area contributed by atoms with Crippen molar-refractivity contribution >= 4 is 0 Å². The van der Waals surface area contributed by atoms with Crippen LogP contribution < -0.4 is 5.73 Å². The Bertz CT molecular complexity index is 536. The third-order valence-electron chi connectivity index (χ3n) is 3.89. The second-order valence-corrected chi connectivity index (χ2v) is 5.27. The zero-order valence-electron chi connectivity index (χ0n) is 11.1. The van der Waals surface area contributed by atoms with Gasteiger partial charge in [-0.3, -0.25) is 4.90 Å². The molecule has 19 heavy (non-hydrogen) atoms. The van der Waals surface area contributed by atoms with Crippen LogP contribution in [0.25, 0.3) is 0 Å². The summed E-state index contributed by atoms with van der Waals surface area (Å²) in [6.45, 7) is 3.06. The van der Waals surface area contributed by atoms with Crippen molar-refractivity contribution in [3.8, 4) is 0 Å². The average Bonchev–Trinajstić information content (AvgIpc) is 2.48. The first kappa shape index (κ1) is 12.4. The van der Waals surface area contributed by atoms with Crippen molar-refractivity contribution in [1.82, 2.24) is 4.90 Å². The van der Waals surface area contributed by atoms with E-state index < -0.39 is 0 Å². The second-order valence-electron chi connectivity index (χ2n) is 5.27. The van der Waals surface area contributed by atoms with Crippen LogP contribution in [0.3, 0.4) is 0 Å². The number of benzene rings is 2. The maximum atomic E-state index is 6.30. The molecule has 0 amide bonds. The smallest absolute Gasteiger partial charge is 0.0424 e. The highest BCUT2D eigenvalue weighted by atomic mass is 15.1. The Labute approximate surface area is 114 Å². The van der Waals surface area contributed by atoms with Gasteiger partial charge in [-0.1, -0.05) is 54.6 Å². The summed E-state index contributed by atoms with van der Waals surface area (Å²) in [5.41, 5.74) is 10.5. The van der Waals surface area contributed by atoms with Crippen molar-refractivity contribution in [1.29, 1.82) is 0 Å². The van der Waals surface area contributed by atoms with E-state index in [-0.39, 0.29) is 6.04 Å². The fourth-order valence-corrected chi connectivity index (χ4v) is 2.79. The number of fused-ring (bicyclic) bond motifs is 1. The van der Waals surface area contributed by atoms with Gasteiger partial charge >= 0.3 is 0 Å². The van der Waals surface area contributed by atoms with Gasteiger partial charge in [0.1, 0.15) is 0 Å². The maximum Gasteiger partial charge on any atom is 0.0424 e. The summed E-state index contributed by atoms with van der Waals surface area (Å²) in [5, 5.41) is 0. The third-order valence-corrected chi connectivity index (χ3v) is 3.89. The van der Waals surface area contributed by atoms with Crippen molar-refractivity contribution < 1.29 is 0 Å². The number of hydrogen-bond acceptors (Lipinski definition) is 2. The monoisotopic (exact) mass is 252 g/mol. The van der Waals surface area contributed by atoms with Crippen LogP contribution in [-0.2, 0) is 13.0 Å². The zero-order valence-corrected chi connectivity index (χ0v) is 11.1. The number of rotatable bonds is 3. The number of hydrogen-bond donors (Lipinski definition) is 1. The van der Waals surface area contributed by atoms with Crippen LogP contribution in [0.2, 0.25) is 0 Å². The van der Waals surface area contributed by atoms with Gasteiger partial charge in [0.05, 0.1) is 0 Å². The van der Waals surface area contributed by atoms with E-state index in [1.165, 1.54) is 16.7 Å². The molecule has 0 saturated heterocycles. The summed E-state index contributed by atoms with van der Waals surface area (Å²) in [7, 11) is 0. The molecule has 98 valence electrons. The van der Waals surface area contributed by atoms with E-state index in [9.17, 15) is 0 Å². The number of nitrogens with two attached hydrogens (primary N) is 1. The maximum absolute atomic E-state index is 6.30. The van der Waals surface area contributed by atoms with Crippen molar-refractivity contribution in [2.75, 3.05) is 13.1 Å². The van der Waals surface area contributed by atoms with E-state index in [1.807, 2.05) is 6.07 Å². The molecule has 2 nitrogen and oxygen atoms in total. The summed E-state index contributed by atoms with van der Waals surface area (Å²) in [4.78, 5) is 2.46.